The lowest BCUT2D eigenvalue weighted by atomic mass is 10.2. The minimum atomic E-state index is -4.62. The minimum Gasteiger partial charge on any atom is -0.477 e. The zero-order valence-electron chi connectivity index (χ0n) is 14.6. The number of halogens is 5. The largest absolute Gasteiger partial charge is 0.477 e. The standard InChI is InChI=1S/C11H7BrClF3N2O2.C6H5NO2/c1-2-20-10(19)7-8(13)18-4-5(12)3-6(9(18)17-7)11(14,15)16;8-6(9)5-3-1-2-4-7-5/h3-4H,2H2,1H3;1-4H,(H,8,9). The third-order valence-corrected chi connectivity index (χ3v) is 4.08. The Balaban J connectivity index is 0.000000278. The SMILES string of the molecule is CCOC(=O)c1nc2c(C(F)(F)F)cc(Br)cn2c1Cl.O=C(O)c1ccccn1. The molecule has 0 radical (unpaired) electrons. The molecule has 12 heteroatoms. The first-order valence-corrected chi connectivity index (χ1v) is 8.99. The van der Waals surface area contributed by atoms with Gasteiger partial charge in [-0.2, -0.15) is 13.2 Å². The van der Waals surface area contributed by atoms with Gasteiger partial charge in [-0.3, -0.25) is 4.40 Å². The molecule has 29 heavy (non-hydrogen) atoms. The Bertz CT molecular complexity index is 1040. The molecule has 0 saturated carbocycles. The van der Waals surface area contributed by atoms with Crippen LogP contribution in [0, 0.1) is 0 Å². The number of esters is 1. The maximum absolute atomic E-state index is 13.0. The van der Waals surface area contributed by atoms with Crippen molar-refractivity contribution in [3.8, 4) is 0 Å². The smallest absolute Gasteiger partial charge is 0.420 e. The number of hydrogen-bond acceptors (Lipinski definition) is 5. The summed E-state index contributed by atoms with van der Waals surface area (Å²) in [6.45, 7) is 1.64. The van der Waals surface area contributed by atoms with E-state index in [-0.39, 0.29) is 27.6 Å². The second kappa shape index (κ2) is 9.23. The van der Waals surface area contributed by atoms with Crippen molar-refractivity contribution in [3.63, 3.8) is 0 Å². The van der Waals surface area contributed by atoms with E-state index in [0.717, 1.165) is 10.5 Å². The Morgan fingerprint density at radius 2 is 2.03 bits per heavy atom. The van der Waals surface area contributed by atoms with Crippen molar-refractivity contribution in [2.24, 2.45) is 0 Å². The fourth-order valence-electron chi connectivity index (χ4n) is 2.11. The molecule has 0 fully saturated rings. The van der Waals surface area contributed by atoms with Crippen molar-refractivity contribution in [1.82, 2.24) is 14.4 Å². The molecule has 154 valence electrons. The lowest BCUT2D eigenvalue weighted by Crippen LogP contribution is -2.08. The van der Waals surface area contributed by atoms with Crippen molar-refractivity contribution in [2.45, 2.75) is 13.1 Å². The van der Waals surface area contributed by atoms with Gasteiger partial charge in [-0.25, -0.2) is 19.6 Å². The molecule has 0 bridgehead atoms. The molecule has 1 N–H and O–H groups in total. The number of imidazole rings is 1. The van der Waals surface area contributed by atoms with Gasteiger partial charge in [-0.1, -0.05) is 17.7 Å². The summed E-state index contributed by atoms with van der Waals surface area (Å²) in [7, 11) is 0. The van der Waals surface area contributed by atoms with Gasteiger partial charge in [0.1, 0.15) is 10.8 Å². The summed E-state index contributed by atoms with van der Waals surface area (Å²) in [5.74, 6) is -1.86. The fraction of sp³-hybridized carbons (Fsp3) is 0.176. The number of carboxylic acid groups (broad SMARTS) is 1. The zero-order valence-corrected chi connectivity index (χ0v) is 16.9. The quantitative estimate of drug-likeness (QED) is 0.529. The Hall–Kier alpha value is -2.66. The molecule has 3 rings (SSSR count). The Morgan fingerprint density at radius 3 is 2.52 bits per heavy atom. The van der Waals surface area contributed by atoms with Gasteiger partial charge in [0.15, 0.2) is 11.3 Å². The summed E-state index contributed by atoms with van der Waals surface area (Å²) in [5.41, 5.74) is -1.72. The number of pyridine rings is 2. The van der Waals surface area contributed by atoms with E-state index in [1.165, 1.54) is 18.5 Å². The summed E-state index contributed by atoms with van der Waals surface area (Å²) in [6, 6.07) is 5.62. The molecule has 3 aromatic rings. The molecule has 0 saturated heterocycles. The van der Waals surface area contributed by atoms with Crippen LogP contribution < -0.4 is 0 Å². The fourth-order valence-corrected chi connectivity index (χ4v) is 2.79. The van der Waals surface area contributed by atoms with Crippen LogP contribution in [0.4, 0.5) is 13.2 Å². The first-order chi connectivity index (χ1) is 13.6. The number of aromatic carboxylic acids is 1. The number of rotatable bonds is 3. The lowest BCUT2D eigenvalue weighted by molar-refractivity contribution is -0.136. The number of carbonyl (C=O) groups excluding carboxylic acids is 1. The van der Waals surface area contributed by atoms with Crippen LogP contribution in [-0.2, 0) is 10.9 Å². The zero-order chi connectivity index (χ0) is 21.8. The molecule has 3 aromatic heterocycles. The highest BCUT2D eigenvalue weighted by Gasteiger charge is 2.36. The second-order valence-corrected chi connectivity index (χ2v) is 6.53. The van der Waals surface area contributed by atoms with Crippen molar-refractivity contribution in [2.75, 3.05) is 6.61 Å². The van der Waals surface area contributed by atoms with E-state index in [9.17, 15) is 22.8 Å². The van der Waals surface area contributed by atoms with Gasteiger partial charge in [-0.15, -0.1) is 0 Å². The van der Waals surface area contributed by atoms with Gasteiger partial charge in [0.25, 0.3) is 0 Å². The van der Waals surface area contributed by atoms with Crippen LogP contribution in [0.1, 0.15) is 33.5 Å². The number of fused-ring (bicyclic) bond motifs is 1. The molecule has 7 nitrogen and oxygen atoms in total. The highest BCUT2D eigenvalue weighted by atomic mass is 79.9. The minimum absolute atomic E-state index is 0.0683. The molecule has 0 unspecified atom stereocenters. The predicted molar refractivity (Wildman–Crippen MR) is 100 cm³/mol. The number of aromatic nitrogens is 3. The number of carbonyl (C=O) groups is 2. The van der Waals surface area contributed by atoms with E-state index in [0.29, 0.717) is 0 Å². The summed E-state index contributed by atoms with van der Waals surface area (Å²) in [4.78, 5) is 29.0. The van der Waals surface area contributed by atoms with Crippen LogP contribution in [-0.4, -0.2) is 38.0 Å². The molecular formula is C17H12BrClF3N3O4. The molecule has 0 aliphatic carbocycles. The van der Waals surface area contributed by atoms with Gasteiger partial charge in [0.2, 0.25) is 0 Å². The Kier molecular flexibility index (Phi) is 7.20. The van der Waals surface area contributed by atoms with E-state index < -0.39 is 29.3 Å². The summed E-state index contributed by atoms with van der Waals surface area (Å²) < 4.78 is 44.7. The van der Waals surface area contributed by atoms with E-state index >= 15 is 0 Å². The number of carboxylic acids is 1. The maximum Gasteiger partial charge on any atom is 0.420 e. The van der Waals surface area contributed by atoms with Crippen LogP contribution >= 0.6 is 27.5 Å². The molecule has 0 amide bonds. The Morgan fingerprint density at radius 1 is 1.34 bits per heavy atom. The van der Waals surface area contributed by atoms with E-state index in [1.807, 2.05) is 0 Å². The van der Waals surface area contributed by atoms with Crippen molar-refractivity contribution in [3.05, 3.63) is 63.2 Å². The van der Waals surface area contributed by atoms with Crippen LogP contribution in [0.3, 0.4) is 0 Å². The highest BCUT2D eigenvalue weighted by molar-refractivity contribution is 9.10. The molecule has 0 aliphatic heterocycles. The molecule has 0 aliphatic rings. The van der Waals surface area contributed by atoms with Crippen LogP contribution in [0.25, 0.3) is 5.65 Å². The van der Waals surface area contributed by atoms with Crippen molar-refractivity contribution >= 4 is 45.1 Å². The highest BCUT2D eigenvalue weighted by Crippen LogP contribution is 2.35. The van der Waals surface area contributed by atoms with Crippen LogP contribution in [0.15, 0.2) is 41.1 Å². The predicted octanol–water partition coefficient (Wildman–Crippen LogP) is 4.73. The Labute approximate surface area is 175 Å². The van der Waals surface area contributed by atoms with Crippen molar-refractivity contribution in [1.29, 1.82) is 0 Å². The number of nitrogens with zero attached hydrogens (tertiary/aromatic N) is 3. The molecule has 0 spiro atoms. The summed E-state index contributed by atoms with van der Waals surface area (Å²) in [6.07, 6.45) is -1.88. The lowest BCUT2D eigenvalue weighted by Gasteiger charge is -2.08. The van der Waals surface area contributed by atoms with E-state index in [2.05, 4.69) is 25.9 Å². The van der Waals surface area contributed by atoms with Gasteiger partial charge >= 0.3 is 18.1 Å². The maximum atomic E-state index is 13.0. The molecule has 3 heterocycles. The average molecular weight is 495 g/mol. The first-order valence-electron chi connectivity index (χ1n) is 7.82. The van der Waals surface area contributed by atoms with Gasteiger partial charge in [-0.05, 0) is 41.1 Å². The first kappa shape index (κ1) is 22.6. The monoisotopic (exact) mass is 493 g/mol. The number of alkyl halides is 3. The molecule has 0 atom stereocenters. The van der Waals surface area contributed by atoms with Crippen LogP contribution in [0.2, 0.25) is 5.15 Å². The second-order valence-electron chi connectivity index (χ2n) is 5.26. The van der Waals surface area contributed by atoms with E-state index in [1.54, 1.807) is 19.1 Å². The van der Waals surface area contributed by atoms with Gasteiger partial charge in [0.05, 0.1) is 12.2 Å². The molecular weight excluding hydrogens is 483 g/mol. The number of hydrogen-bond donors (Lipinski definition) is 1. The normalized spacial score (nSPS) is 11.0. The third-order valence-electron chi connectivity index (χ3n) is 3.29. The summed E-state index contributed by atoms with van der Waals surface area (Å²) in [5, 5.41) is 8.09. The third kappa shape index (κ3) is 5.45. The summed E-state index contributed by atoms with van der Waals surface area (Å²) >= 11 is 8.86. The van der Waals surface area contributed by atoms with Gasteiger partial charge < -0.3 is 9.84 Å². The van der Waals surface area contributed by atoms with Gasteiger partial charge in [0, 0.05) is 16.9 Å². The average Bonchev–Trinajstić information content (AvgIpc) is 2.98. The number of ether oxygens (including phenoxy) is 1. The van der Waals surface area contributed by atoms with E-state index in [4.69, 9.17) is 21.4 Å². The van der Waals surface area contributed by atoms with Crippen LogP contribution in [0.5, 0.6) is 0 Å². The topological polar surface area (TPSA) is 93.8 Å². The van der Waals surface area contributed by atoms with Crippen molar-refractivity contribution < 1.29 is 32.6 Å². The molecule has 0 aromatic carbocycles.